The van der Waals surface area contributed by atoms with Crippen LogP contribution in [0.5, 0.6) is 5.75 Å². The minimum atomic E-state index is 0.0705. The maximum Gasteiger partial charge on any atom is 0.220 e. The summed E-state index contributed by atoms with van der Waals surface area (Å²) in [5.41, 5.74) is 6.85. The fourth-order valence-corrected chi connectivity index (χ4v) is 2.32. The molecule has 4 nitrogen and oxygen atoms in total. The van der Waals surface area contributed by atoms with E-state index >= 15 is 0 Å². The number of amides is 1. The van der Waals surface area contributed by atoms with Crippen molar-refractivity contribution in [2.24, 2.45) is 11.7 Å². The second-order valence-electron chi connectivity index (χ2n) is 5.67. The molecule has 0 aromatic heterocycles. The molecule has 1 aromatic carbocycles. The van der Waals surface area contributed by atoms with Crippen LogP contribution in [0.3, 0.4) is 0 Å². The molecule has 3 N–H and O–H groups in total. The number of carbonyl (C=O) groups excluding carboxylic acids is 1. The van der Waals surface area contributed by atoms with Gasteiger partial charge in [0.05, 0.1) is 13.2 Å². The Morgan fingerprint density at radius 3 is 2.55 bits per heavy atom. The summed E-state index contributed by atoms with van der Waals surface area (Å²) in [5.74, 6) is 1.50. The van der Waals surface area contributed by atoms with Gasteiger partial charge in [-0.1, -0.05) is 12.1 Å². The molecule has 4 heteroatoms. The van der Waals surface area contributed by atoms with Gasteiger partial charge in [-0.3, -0.25) is 4.79 Å². The molecule has 1 saturated carbocycles. The highest BCUT2D eigenvalue weighted by Gasteiger charge is 2.33. The van der Waals surface area contributed by atoms with E-state index in [0.717, 1.165) is 17.7 Å². The number of hydrogen-bond donors (Lipinski definition) is 2. The quantitative estimate of drug-likeness (QED) is 0.803. The number of ether oxygens (including phenoxy) is 1. The molecule has 0 spiro atoms. The second-order valence-corrected chi connectivity index (χ2v) is 5.67. The molecule has 0 heterocycles. The molecule has 1 aromatic rings. The lowest BCUT2D eigenvalue weighted by Crippen LogP contribution is -2.31. The Morgan fingerprint density at radius 2 is 2.05 bits per heavy atom. The summed E-state index contributed by atoms with van der Waals surface area (Å²) in [6.07, 6.45) is 3.59. The lowest BCUT2D eigenvalue weighted by molar-refractivity contribution is -0.122. The van der Waals surface area contributed by atoms with Gasteiger partial charge >= 0.3 is 0 Å². The minimum Gasteiger partial charge on any atom is -0.497 e. The van der Waals surface area contributed by atoms with Gasteiger partial charge in [-0.2, -0.15) is 0 Å². The third-order valence-electron chi connectivity index (χ3n) is 3.71. The normalized spacial score (nSPS) is 17.4. The van der Waals surface area contributed by atoms with E-state index in [4.69, 9.17) is 10.5 Å². The second kappa shape index (κ2) is 6.75. The molecule has 2 unspecified atom stereocenters. The maximum atomic E-state index is 12.0. The van der Waals surface area contributed by atoms with Crippen molar-refractivity contribution in [1.29, 1.82) is 0 Å². The predicted molar refractivity (Wildman–Crippen MR) is 79.5 cm³/mol. The first-order valence-electron chi connectivity index (χ1n) is 7.29. The van der Waals surface area contributed by atoms with E-state index in [9.17, 15) is 4.79 Å². The molecular weight excluding hydrogens is 252 g/mol. The first kappa shape index (κ1) is 14.9. The Hall–Kier alpha value is -1.55. The van der Waals surface area contributed by atoms with Gasteiger partial charge in [0.25, 0.3) is 0 Å². The number of nitrogens with one attached hydrogen (secondary N) is 1. The fourth-order valence-electron chi connectivity index (χ4n) is 2.32. The van der Waals surface area contributed by atoms with Crippen LogP contribution in [-0.2, 0) is 4.79 Å². The summed E-state index contributed by atoms with van der Waals surface area (Å²) in [6, 6.07) is 8.15. The van der Waals surface area contributed by atoms with E-state index in [0.29, 0.717) is 12.3 Å². The molecule has 2 atom stereocenters. The molecule has 2 rings (SSSR count). The summed E-state index contributed by atoms with van der Waals surface area (Å²) in [6.45, 7) is 1.93. The number of hydrogen-bond acceptors (Lipinski definition) is 3. The van der Waals surface area contributed by atoms with Crippen LogP contribution >= 0.6 is 0 Å². The Labute approximate surface area is 120 Å². The van der Waals surface area contributed by atoms with Gasteiger partial charge in [-0.15, -0.1) is 0 Å². The number of benzene rings is 1. The summed E-state index contributed by atoms with van der Waals surface area (Å²) < 4.78 is 5.17. The molecule has 1 fully saturated rings. The third-order valence-corrected chi connectivity index (χ3v) is 3.71. The van der Waals surface area contributed by atoms with Crippen molar-refractivity contribution in [2.75, 3.05) is 7.11 Å². The summed E-state index contributed by atoms with van der Waals surface area (Å²) in [5, 5.41) is 3.15. The Balaban J connectivity index is 1.97. The van der Waals surface area contributed by atoms with Gasteiger partial charge in [-0.05, 0) is 49.8 Å². The van der Waals surface area contributed by atoms with Gasteiger partial charge in [-0.25, -0.2) is 0 Å². The highest BCUT2D eigenvalue weighted by molar-refractivity contribution is 5.76. The molecule has 110 valence electrons. The van der Waals surface area contributed by atoms with Crippen molar-refractivity contribution in [3.05, 3.63) is 29.8 Å². The van der Waals surface area contributed by atoms with Crippen LogP contribution in [0.4, 0.5) is 0 Å². The smallest absolute Gasteiger partial charge is 0.220 e. The maximum absolute atomic E-state index is 12.0. The van der Waals surface area contributed by atoms with Crippen molar-refractivity contribution in [3.63, 3.8) is 0 Å². The SMILES string of the molecule is COc1ccc(C(NC(=O)CCC(C)N)C2CC2)cc1. The minimum absolute atomic E-state index is 0.0705. The Bertz CT molecular complexity index is 438. The lowest BCUT2D eigenvalue weighted by atomic mass is 10.0. The molecule has 20 heavy (non-hydrogen) atoms. The molecule has 0 aliphatic heterocycles. The van der Waals surface area contributed by atoms with Crippen LogP contribution in [0.2, 0.25) is 0 Å². The van der Waals surface area contributed by atoms with Crippen molar-refractivity contribution >= 4 is 5.91 Å². The largest absolute Gasteiger partial charge is 0.497 e. The van der Waals surface area contributed by atoms with Crippen molar-refractivity contribution in [2.45, 2.75) is 44.7 Å². The third kappa shape index (κ3) is 4.23. The Morgan fingerprint density at radius 1 is 1.40 bits per heavy atom. The summed E-state index contributed by atoms with van der Waals surface area (Å²) in [7, 11) is 1.66. The van der Waals surface area contributed by atoms with Gasteiger partial charge in [0.2, 0.25) is 5.91 Å². The zero-order valence-electron chi connectivity index (χ0n) is 12.3. The average molecular weight is 276 g/mol. The lowest BCUT2D eigenvalue weighted by Gasteiger charge is -2.19. The standard InChI is InChI=1S/C16H24N2O2/c1-11(17)3-10-15(19)18-16(12-4-5-12)13-6-8-14(20-2)9-7-13/h6-9,11-12,16H,3-5,10,17H2,1-2H3,(H,18,19). The van der Waals surface area contributed by atoms with E-state index in [-0.39, 0.29) is 18.0 Å². The van der Waals surface area contributed by atoms with E-state index in [2.05, 4.69) is 5.32 Å². The van der Waals surface area contributed by atoms with Crippen LogP contribution < -0.4 is 15.8 Å². The van der Waals surface area contributed by atoms with Crippen LogP contribution in [0, 0.1) is 5.92 Å². The van der Waals surface area contributed by atoms with E-state index < -0.39 is 0 Å². The summed E-state index contributed by atoms with van der Waals surface area (Å²) in [4.78, 5) is 12.0. The molecule has 1 amide bonds. The van der Waals surface area contributed by atoms with Crippen molar-refractivity contribution in [1.82, 2.24) is 5.32 Å². The van der Waals surface area contributed by atoms with Gasteiger partial charge in [0.1, 0.15) is 5.75 Å². The number of nitrogens with two attached hydrogens (primary N) is 1. The zero-order chi connectivity index (χ0) is 14.5. The van der Waals surface area contributed by atoms with Crippen LogP contribution in [0.1, 0.15) is 44.2 Å². The predicted octanol–water partition coefficient (Wildman–Crippen LogP) is 2.39. The molecule has 0 saturated heterocycles. The molecule has 1 aliphatic carbocycles. The highest BCUT2D eigenvalue weighted by Crippen LogP contribution is 2.41. The zero-order valence-corrected chi connectivity index (χ0v) is 12.3. The number of carbonyl (C=O) groups is 1. The molecule has 0 bridgehead atoms. The monoisotopic (exact) mass is 276 g/mol. The first-order valence-corrected chi connectivity index (χ1v) is 7.29. The summed E-state index contributed by atoms with van der Waals surface area (Å²) >= 11 is 0. The number of rotatable bonds is 7. The highest BCUT2D eigenvalue weighted by atomic mass is 16.5. The van der Waals surface area contributed by atoms with E-state index in [1.807, 2.05) is 31.2 Å². The molecule has 1 aliphatic rings. The van der Waals surface area contributed by atoms with E-state index in [1.54, 1.807) is 7.11 Å². The van der Waals surface area contributed by atoms with E-state index in [1.165, 1.54) is 12.8 Å². The van der Waals surface area contributed by atoms with Gasteiger partial charge < -0.3 is 15.8 Å². The van der Waals surface area contributed by atoms with Crippen molar-refractivity contribution in [3.8, 4) is 5.75 Å². The molecular formula is C16H24N2O2. The fraction of sp³-hybridized carbons (Fsp3) is 0.562. The first-order chi connectivity index (χ1) is 9.60. The van der Waals surface area contributed by atoms with Crippen LogP contribution in [-0.4, -0.2) is 19.1 Å². The van der Waals surface area contributed by atoms with Crippen molar-refractivity contribution < 1.29 is 9.53 Å². The topological polar surface area (TPSA) is 64.3 Å². The van der Waals surface area contributed by atoms with Gasteiger partial charge in [0.15, 0.2) is 0 Å². The van der Waals surface area contributed by atoms with Crippen LogP contribution in [0.15, 0.2) is 24.3 Å². The van der Waals surface area contributed by atoms with Crippen LogP contribution in [0.25, 0.3) is 0 Å². The Kier molecular flexibility index (Phi) is 5.01. The van der Waals surface area contributed by atoms with Gasteiger partial charge in [0, 0.05) is 12.5 Å². The number of methoxy groups -OCH3 is 1. The average Bonchev–Trinajstić information content (AvgIpc) is 3.27. The molecule has 0 radical (unpaired) electrons.